The van der Waals surface area contributed by atoms with Crippen LogP contribution in [0, 0.1) is 0 Å². The molecule has 0 radical (unpaired) electrons. The molecule has 17 heavy (non-hydrogen) atoms. The molecule has 0 saturated carbocycles. The SMILES string of the molecule is C=C(C=N/C=C(\C)Br)CC/C(=C/C=C\C)CC. The Hall–Kier alpha value is -0.890. The normalized spacial score (nSPS) is 13.9. The third-order valence-electron chi connectivity index (χ3n) is 2.26. The van der Waals surface area contributed by atoms with Gasteiger partial charge in [0.15, 0.2) is 0 Å². The number of hydrogen-bond acceptors (Lipinski definition) is 1. The predicted octanol–water partition coefficient (Wildman–Crippen LogP) is 5.56. The molecule has 0 aromatic carbocycles. The molecular weight excluding hydrogens is 274 g/mol. The number of rotatable bonds is 7. The summed E-state index contributed by atoms with van der Waals surface area (Å²) >= 11 is 3.33. The maximum Gasteiger partial charge on any atom is 0.0366 e. The van der Waals surface area contributed by atoms with E-state index in [-0.39, 0.29) is 0 Å². The topological polar surface area (TPSA) is 12.4 Å². The highest BCUT2D eigenvalue weighted by atomic mass is 79.9. The van der Waals surface area contributed by atoms with Crippen LogP contribution in [0.25, 0.3) is 0 Å². The van der Waals surface area contributed by atoms with Gasteiger partial charge in [-0.15, -0.1) is 0 Å². The zero-order chi connectivity index (χ0) is 13.1. The second kappa shape index (κ2) is 10.3. The largest absolute Gasteiger partial charge is 0.264 e. The van der Waals surface area contributed by atoms with Crippen LogP contribution in [0.1, 0.15) is 40.0 Å². The molecule has 0 aromatic heterocycles. The van der Waals surface area contributed by atoms with Gasteiger partial charge < -0.3 is 0 Å². The smallest absolute Gasteiger partial charge is 0.0366 e. The van der Waals surface area contributed by atoms with Gasteiger partial charge in [-0.1, -0.05) is 53.2 Å². The molecular formula is C15H22BrN. The summed E-state index contributed by atoms with van der Waals surface area (Å²) in [5.74, 6) is 0. The summed E-state index contributed by atoms with van der Waals surface area (Å²) in [4.78, 5) is 4.17. The molecule has 0 fully saturated rings. The highest BCUT2D eigenvalue weighted by molar-refractivity contribution is 9.11. The van der Waals surface area contributed by atoms with Crippen molar-refractivity contribution < 1.29 is 0 Å². The van der Waals surface area contributed by atoms with Crippen LogP contribution in [-0.2, 0) is 0 Å². The van der Waals surface area contributed by atoms with Crippen LogP contribution in [-0.4, -0.2) is 6.21 Å². The number of hydrogen-bond donors (Lipinski definition) is 0. The van der Waals surface area contributed by atoms with E-state index < -0.39 is 0 Å². The molecule has 0 aliphatic heterocycles. The second-order valence-electron chi connectivity index (χ2n) is 3.86. The molecule has 0 saturated heterocycles. The molecule has 2 heteroatoms. The van der Waals surface area contributed by atoms with Crippen molar-refractivity contribution in [3.05, 3.63) is 46.6 Å². The third-order valence-corrected chi connectivity index (χ3v) is 2.46. The first-order chi connectivity index (χ1) is 8.10. The molecule has 0 bridgehead atoms. The van der Waals surface area contributed by atoms with Gasteiger partial charge in [0.2, 0.25) is 0 Å². The van der Waals surface area contributed by atoms with Gasteiger partial charge in [-0.3, -0.25) is 4.99 Å². The molecule has 0 N–H and O–H groups in total. The van der Waals surface area contributed by atoms with E-state index in [2.05, 4.69) is 52.7 Å². The van der Waals surface area contributed by atoms with E-state index in [4.69, 9.17) is 0 Å². The first-order valence-electron chi connectivity index (χ1n) is 5.94. The van der Waals surface area contributed by atoms with E-state index in [0.29, 0.717) is 0 Å². The maximum atomic E-state index is 4.17. The van der Waals surface area contributed by atoms with Crippen molar-refractivity contribution in [2.24, 2.45) is 4.99 Å². The fourth-order valence-corrected chi connectivity index (χ4v) is 1.36. The van der Waals surface area contributed by atoms with Gasteiger partial charge >= 0.3 is 0 Å². The fraction of sp³-hybridized carbons (Fsp3) is 0.400. The first kappa shape index (κ1) is 16.1. The quantitative estimate of drug-likeness (QED) is 0.430. The molecule has 0 rings (SSSR count). The molecule has 1 nitrogen and oxygen atoms in total. The van der Waals surface area contributed by atoms with Crippen molar-refractivity contribution >= 4 is 22.1 Å². The van der Waals surface area contributed by atoms with Crippen LogP contribution in [0.15, 0.2) is 51.6 Å². The van der Waals surface area contributed by atoms with Gasteiger partial charge in [0, 0.05) is 16.9 Å². The molecule has 0 atom stereocenters. The summed E-state index contributed by atoms with van der Waals surface area (Å²) in [6.07, 6.45) is 13.1. The zero-order valence-electron chi connectivity index (χ0n) is 11.0. The minimum absolute atomic E-state index is 0.968. The van der Waals surface area contributed by atoms with Gasteiger partial charge in [-0.2, -0.15) is 0 Å². The number of nitrogens with zero attached hydrogens (tertiary/aromatic N) is 1. The minimum Gasteiger partial charge on any atom is -0.264 e. The molecule has 0 aliphatic carbocycles. The Labute approximate surface area is 114 Å². The van der Waals surface area contributed by atoms with Crippen molar-refractivity contribution in [1.82, 2.24) is 0 Å². The lowest BCUT2D eigenvalue weighted by Gasteiger charge is -2.03. The average Bonchev–Trinajstić information content (AvgIpc) is 2.29. The molecule has 0 aromatic rings. The predicted molar refractivity (Wildman–Crippen MR) is 82.7 cm³/mol. The van der Waals surface area contributed by atoms with Gasteiger partial charge in [0.05, 0.1) is 0 Å². The van der Waals surface area contributed by atoms with Gasteiger partial charge in [0.1, 0.15) is 0 Å². The Kier molecular flexibility index (Phi) is 9.74. The Morgan fingerprint density at radius 3 is 2.59 bits per heavy atom. The number of allylic oxidation sites excluding steroid dienone is 6. The summed E-state index contributed by atoms with van der Waals surface area (Å²) in [6, 6.07) is 0. The van der Waals surface area contributed by atoms with Gasteiger partial charge in [-0.25, -0.2) is 0 Å². The molecule has 0 unspecified atom stereocenters. The fourth-order valence-electron chi connectivity index (χ4n) is 1.24. The zero-order valence-corrected chi connectivity index (χ0v) is 12.6. The van der Waals surface area contributed by atoms with E-state index in [9.17, 15) is 0 Å². The Morgan fingerprint density at radius 2 is 2.06 bits per heavy atom. The van der Waals surface area contributed by atoms with E-state index >= 15 is 0 Å². The van der Waals surface area contributed by atoms with E-state index in [1.54, 1.807) is 6.20 Å². The summed E-state index contributed by atoms with van der Waals surface area (Å²) in [6.45, 7) is 10.2. The summed E-state index contributed by atoms with van der Waals surface area (Å²) in [7, 11) is 0. The highest BCUT2D eigenvalue weighted by Gasteiger charge is 1.95. The van der Waals surface area contributed by atoms with Crippen LogP contribution < -0.4 is 0 Å². The molecule has 94 valence electrons. The Balaban J connectivity index is 4.14. The van der Waals surface area contributed by atoms with E-state index in [1.165, 1.54) is 5.57 Å². The minimum atomic E-state index is 0.968. The van der Waals surface area contributed by atoms with Crippen molar-refractivity contribution in [2.75, 3.05) is 0 Å². The average molecular weight is 296 g/mol. The van der Waals surface area contributed by atoms with Crippen LogP contribution >= 0.6 is 15.9 Å². The number of aliphatic imine (C=N–C) groups is 1. The lowest BCUT2D eigenvalue weighted by Crippen LogP contribution is -1.87. The second-order valence-corrected chi connectivity index (χ2v) is 5.11. The number of halogens is 1. The van der Waals surface area contributed by atoms with Crippen molar-refractivity contribution in [1.29, 1.82) is 0 Å². The first-order valence-corrected chi connectivity index (χ1v) is 6.73. The van der Waals surface area contributed by atoms with Crippen molar-refractivity contribution in [3.8, 4) is 0 Å². The van der Waals surface area contributed by atoms with Crippen LogP contribution in [0.2, 0.25) is 0 Å². The monoisotopic (exact) mass is 295 g/mol. The summed E-state index contributed by atoms with van der Waals surface area (Å²) in [5.41, 5.74) is 2.51. The molecule has 0 spiro atoms. The maximum absolute atomic E-state index is 4.17. The summed E-state index contributed by atoms with van der Waals surface area (Å²) in [5, 5.41) is 0. The van der Waals surface area contributed by atoms with Crippen LogP contribution in [0.5, 0.6) is 0 Å². The third kappa shape index (κ3) is 10.0. The Bertz CT molecular complexity index is 342. The van der Waals surface area contributed by atoms with Crippen LogP contribution in [0.3, 0.4) is 0 Å². The van der Waals surface area contributed by atoms with Gasteiger partial charge in [-0.05, 0) is 38.7 Å². The lowest BCUT2D eigenvalue weighted by molar-refractivity contribution is 0.898. The van der Waals surface area contributed by atoms with E-state index in [0.717, 1.165) is 29.3 Å². The molecule has 0 aliphatic rings. The highest BCUT2D eigenvalue weighted by Crippen LogP contribution is 2.13. The van der Waals surface area contributed by atoms with Crippen LogP contribution in [0.4, 0.5) is 0 Å². The standard InChI is InChI=1S/C15H22BrN/c1-5-7-8-15(6-2)10-9-13(3)11-17-12-14(4)16/h5,7-8,11-12H,3,6,9-10H2,1-2,4H3/b7-5-,14-12+,15-8+,17-11?. The summed E-state index contributed by atoms with van der Waals surface area (Å²) < 4.78 is 1.02. The molecule has 0 amide bonds. The van der Waals surface area contributed by atoms with Crippen molar-refractivity contribution in [2.45, 2.75) is 40.0 Å². The van der Waals surface area contributed by atoms with E-state index in [1.807, 2.05) is 20.1 Å². The molecule has 0 heterocycles. The Morgan fingerprint density at radius 1 is 1.35 bits per heavy atom. The lowest BCUT2D eigenvalue weighted by atomic mass is 10.0. The van der Waals surface area contributed by atoms with Crippen molar-refractivity contribution in [3.63, 3.8) is 0 Å². The van der Waals surface area contributed by atoms with Gasteiger partial charge in [0.25, 0.3) is 0 Å².